The summed E-state index contributed by atoms with van der Waals surface area (Å²) >= 11 is 0. The number of hydrogen-bond acceptors (Lipinski definition) is 4. The molecule has 2 aromatic carbocycles. The highest BCUT2D eigenvalue weighted by molar-refractivity contribution is 5.94. The highest BCUT2D eigenvalue weighted by atomic mass is 16.5. The highest BCUT2D eigenvalue weighted by Gasteiger charge is 2.35. The van der Waals surface area contributed by atoms with Crippen LogP contribution >= 0.6 is 0 Å². The van der Waals surface area contributed by atoms with Crippen molar-refractivity contribution in [3.8, 4) is 11.5 Å². The number of likely N-dealkylation sites (tertiary alicyclic amines) is 1. The Morgan fingerprint density at radius 2 is 1.90 bits per heavy atom. The maximum atomic E-state index is 13.0. The summed E-state index contributed by atoms with van der Waals surface area (Å²) in [5.41, 5.74) is 2.55. The van der Waals surface area contributed by atoms with Crippen LogP contribution in [0.4, 0.5) is 0 Å². The minimum atomic E-state index is -0.348. The monoisotopic (exact) mass is 394 g/mol. The zero-order valence-electron chi connectivity index (χ0n) is 17.5. The number of carbonyl (C=O) groups excluding carboxylic acids is 1. The number of ether oxygens (including phenoxy) is 2. The van der Waals surface area contributed by atoms with Crippen LogP contribution in [0.1, 0.15) is 60.6 Å². The summed E-state index contributed by atoms with van der Waals surface area (Å²) < 4.78 is 11.5. The first-order valence-electron chi connectivity index (χ1n) is 10.4. The van der Waals surface area contributed by atoms with Crippen LogP contribution in [0.25, 0.3) is 0 Å². The first-order valence-corrected chi connectivity index (χ1v) is 10.4. The van der Waals surface area contributed by atoms with Crippen molar-refractivity contribution >= 4 is 5.91 Å². The molecule has 154 valence electrons. The maximum absolute atomic E-state index is 13.0. The number of nitrogens with one attached hydrogen (secondary N) is 1. The van der Waals surface area contributed by atoms with Gasteiger partial charge in [-0.1, -0.05) is 12.1 Å². The number of nitrogens with zero attached hydrogens (tertiary/aromatic N) is 1. The van der Waals surface area contributed by atoms with E-state index >= 15 is 0 Å². The molecular weight excluding hydrogens is 364 g/mol. The van der Waals surface area contributed by atoms with Gasteiger partial charge in [-0.3, -0.25) is 9.69 Å². The zero-order chi connectivity index (χ0) is 20.4. The first-order chi connectivity index (χ1) is 13.9. The lowest BCUT2D eigenvalue weighted by Gasteiger charge is -2.38. The maximum Gasteiger partial charge on any atom is 0.251 e. The van der Waals surface area contributed by atoms with E-state index in [1.165, 1.54) is 31.5 Å². The molecule has 5 heteroatoms. The van der Waals surface area contributed by atoms with Crippen LogP contribution in [-0.2, 0) is 6.54 Å². The topological polar surface area (TPSA) is 50.8 Å². The standard InChI is InChI=1S/C24H30N2O3/c1-24(2)15-21(20-14-19(28-3)10-11-22(20)29-24)25-23(27)18-8-6-17(7-9-18)16-26-12-4-5-13-26/h6-11,14,21H,4-5,12-13,15-16H2,1-3H3,(H,25,27). The Morgan fingerprint density at radius 1 is 1.17 bits per heavy atom. The fraction of sp³-hybridized carbons (Fsp3) is 0.458. The Kier molecular flexibility index (Phi) is 5.50. The zero-order valence-corrected chi connectivity index (χ0v) is 17.5. The van der Waals surface area contributed by atoms with E-state index in [2.05, 4.69) is 22.3 Å². The van der Waals surface area contributed by atoms with Crippen molar-refractivity contribution in [3.05, 3.63) is 59.2 Å². The Morgan fingerprint density at radius 3 is 2.59 bits per heavy atom. The summed E-state index contributed by atoms with van der Waals surface area (Å²) in [6.45, 7) is 7.40. The van der Waals surface area contributed by atoms with Crippen LogP contribution in [0.3, 0.4) is 0 Å². The Hall–Kier alpha value is -2.53. The van der Waals surface area contributed by atoms with E-state index in [0.29, 0.717) is 12.0 Å². The second-order valence-corrected chi connectivity index (χ2v) is 8.68. The Labute approximate surface area is 173 Å². The molecule has 1 saturated heterocycles. The van der Waals surface area contributed by atoms with Gasteiger partial charge in [-0.15, -0.1) is 0 Å². The minimum absolute atomic E-state index is 0.0609. The molecule has 29 heavy (non-hydrogen) atoms. The van der Waals surface area contributed by atoms with Crippen molar-refractivity contribution in [2.75, 3.05) is 20.2 Å². The summed E-state index contributed by atoms with van der Waals surface area (Å²) in [6, 6.07) is 13.6. The smallest absolute Gasteiger partial charge is 0.251 e. The normalized spacial score (nSPS) is 20.6. The lowest BCUT2D eigenvalue weighted by Crippen LogP contribution is -2.41. The molecule has 0 saturated carbocycles. The molecule has 0 bridgehead atoms. The molecule has 4 rings (SSSR count). The summed E-state index contributed by atoms with van der Waals surface area (Å²) in [5.74, 6) is 1.50. The Balaban J connectivity index is 1.48. The number of hydrogen-bond donors (Lipinski definition) is 1. The fourth-order valence-electron chi connectivity index (χ4n) is 4.29. The third-order valence-corrected chi connectivity index (χ3v) is 5.80. The molecule has 5 nitrogen and oxygen atoms in total. The van der Waals surface area contributed by atoms with Gasteiger partial charge in [-0.2, -0.15) is 0 Å². The average Bonchev–Trinajstić information content (AvgIpc) is 3.20. The number of fused-ring (bicyclic) bond motifs is 1. The van der Waals surface area contributed by atoms with Crippen molar-refractivity contribution < 1.29 is 14.3 Å². The molecule has 2 aliphatic rings. The molecule has 1 unspecified atom stereocenters. The summed E-state index contributed by atoms with van der Waals surface area (Å²) in [7, 11) is 1.65. The fourth-order valence-corrected chi connectivity index (χ4v) is 4.29. The van der Waals surface area contributed by atoms with E-state index in [4.69, 9.17) is 9.47 Å². The second kappa shape index (κ2) is 8.07. The molecule has 2 aromatic rings. The van der Waals surface area contributed by atoms with E-state index in [9.17, 15) is 4.79 Å². The molecule has 2 aliphatic heterocycles. The molecule has 1 amide bonds. The van der Waals surface area contributed by atoms with Gasteiger partial charge in [0.15, 0.2) is 0 Å². The molecule has 2 heterocycles. The van der Waals surface area contributed by atoms with Gasteiger partial charge in [-0.25, -0.2) is 0 Å². The van der Waals surface area contributed by atoms with Crippen molar-refractivity contribution in [3.63, 3.8) is 0 Å². The lowest BCUT2D eigenvalue weighted by atomic mass is 9.89. The van der Waals surface area contributed by atoms with Gasteiger partial charge in [0, 0.05) is 24.1 Å². The molecule has 0 radical (unpaired) electrons. The van der Waals surface area contributed by atoms with E-state index in [1.807, 2.05) is 44.2 Å². The number of amides is 1. The molecule has 0 aromatic heterocycles. The van der Waals surface area contributed by atoms with E-state index < -0.39 is 0 Å². The van der Waals surface area contributed by atoms with Gasteiger partial charge in [-0.05, 0) is 75.7 Å². The Bertz CT molecular complexity index is 870. The molecule has 1 N–H and O–H groups in total. The molecular formula is C24H30N2O3. The van der Waals surface area contributed by atoms with Gasteiger partial charge >= 0.3 is 0 Å². The third kappa shape index (κ3) is 4.56. The van der Waals surface area contributed by atoms with Crippen LogP contribution in [0, 0.1) is 0 Å². The van der Waals surface area contributed by atoms with Gasteiger partial charge in [0.1, 0.15) is 17.1 Å². The highest BCUT2D eigenvalue weighted by Crippen LogP contribution is 2.41. The summed E-state index contributed by atoms with van der Waals surface area (Å²) in [4.78, 5) is 15.4. The quantitative estimate of drug-likeness (QED) is 0.820. The predicted octanol–water partition coefficient (Wildman–Crippen LogP) is 4.32. The van der Waals surface area contributed by atoms with Gasteiger partial charge in [0.25, 0.3) is 5.91 Å². The second-order valence-electron chi connectivity index (χ2n) is 8.68. The third-order valence-electron chi connectivity index (χ3n) is 5.80. The predicted molar refractivity (Wildman–Crippen MR) is 113 cm³/mol. The molecule has 1 atom stereocenters. The van der Waals surface area contributed by atoms with Crippen LogP contribution < -0.4 is 14.8 Å². The first kappa shape index (κ1) is 19.8. The largest absolute Gasteiger partial charge is 0.497 e. The van der Waals surface area contributed by atoms with Crippen LogP contribution in [0.5, 0.6) is 11.5 Å². The van der Waals surface area contributed by atoms with Crippen LogP contribution in [0.2, 0.25) is 0 Å². The van der Waals surface area contributed by atoms with E-state index in [0.717, 1.165) is 23.6 Å². The molecule has 1 fully saturated rings. The number of carbonyl (C=O) groups is 1. The van der Waals surface area contributed by atoms with Gasteiger partial charge < -0.3 is 14.8 Å². The van der Waals surface area contributed by atoms with E-state index in [1.54, 1.807) is 7.11 Å². The summed E-state index contributed by atoms with van der Waals surface area (Å²) in [6.07, 6.45) is 3.27. The van der Waals surface area contributed by atoms with Gasteiger partial charge in [0.2, 0.25) is 0 Å². The van der Waals surface area contributed by atoms with Crippen molar-refractivity contribution in [2.24, 2.45) is 0 Å². The summed E-state index contributed by atoms with van der Waals surface area (Å²) in [5, 5.41) is 3.21. The number of methoxy groups -OCH3 is 1. The average molecular weight is 395 g/mol. The lowest BCUT2D eigenvalue weighted by molar-refractivity contribution is 0.0618. The van der Waals surface area contributed by atoms with Gasteiger partial charge in [0.05, 0.1) is 13.2 Å². The molecule has 0 spiro atoms. The number of benzene rings is 2. The van der Waals surface area contributed by atoms with Crippen molar-refractivity contribution in [1.29, 1.82) is 0 Å². The van der Waals surface area contributed by atoms with Crippen LogP contribution in [-0.4, -0.2) is 36.6 Å². The van der Waals surface area contributed by atoms with Crippen LogP contribution in [0.15, 0.2) is 42.5 Å². The molecule has 0 aliphatic carbocycles. The van der Waals surface area contributed by atoms with Crippen molar-refractivity contribution in [2.45, 2.75) is 51.3 Å². The van der Waals surface area contributed by atoms with E-state index in [-0.39, 0.29) is 17.6 Å². The number of rotatable bonds is 5. The SMILES string of the molecule is COc1ccc2c(c1)C(NC(=O)c1ccc(CN3CCCC3)cc1)CC(C)(C)O2. The minimum Gasteiger partial charge on any atom is -0.497 e. The van der Waals surface area contributed by atoms with Crippen molar-refractivity contribution in [1.82, 2.24) is 10.2 Å².